The fourth-order valence-corrected chi connectivity index (χ4v) is 4.50. The quantitative estimate of drug-likeness (QED) is 0.525. The van der Waals surface area contributed by atoms with Gasteiger partial charge in [-0.3, -0.25) is 9.59 Å². The number of hydrogen-bond acceptors (Lipinski definition) is 3. The van der Waals surface area contributed by atoms with E-state index in [9.17, 15) is 9.59 Å². The van der Waals surface area contributed by atoms with E-state index in [4.69, 9.17) is 16.3 Å². The van der Waals surface area contributed by atoms with Crippen molar-refractivity contribution in [2.45, 2.75) is 78.4 Å². The van der Waals surface area contributed by atoms with Crippen LogP contribution in [0.4, 0.5) is 0 Å². The van der Waals surface area contributed by atoms with Gasteiger partial charge in [-0.25, -0.2) is 0 Å². The number of benzene rings is 2. The molecule has 6 heteroatoms. The average molecular weight is 471 g/mol. The Kier molecular flexibility index (Phi) is 8.79. The Labute approximate surface area is 202 Å². The highest BCUT2D eigenvalue weighted by Gasteiger charge is 2.30. The van der Waals surface area contributed by atoms with Crippen molar-refractivity contribution in [3.05, 3.63) is 63.7 Å². The number of nitrogens with zero attached hydrogens (tertiary/aromatic N) is 1. The summed E-state index contributed by atoms with van der Waals surface area (Å²) >= 11 is 6.25. The molecule has 2 aromatic rings. The summed E-state index contributed by atoms with van der Waals surface area (Å²) in [5.41, 5.74) is 3.94. The Morgan fingerprint density at radius 2 is 1.70 bits per heavy atom. The molecule has 1 unspecified atom stereocenters. The zero-order valence-corrected chi connectivity index (χ0v) is 20.9. The van der Waals surface area contributed by atoms with Gasteiger partial charge in [-0.15, -0.1) is 0 Å². The van der Waals surface area contributed by atoms with Crippen molar-refractivity contribution in [3.63, 3.8) is 0 Å². The van der Waals surface area contributed by atoms with Crippen LogP contribution in [0.5, 0.6) is 5.75 Å². The van der Waals surface area contributed by atoms with Gasteiger partial charge in [-0.2, -0.15) is 0 Å². The van der Waals surface area contributed by atoms with Crippen LogP contribution in [0, 0.1) is 20.8 Å². The highest BCUT2D eigenvalue weighted by molar-refractivity contribution is 6.32. The topological polar surface area (TPSA) is 58.6 Å². The van der Waals surface area contributed by atoms with Gasteiger partial charge in [0.1, 0.15) is 11.8 Å². The minimum atomic E-state index is -0.545. The van der Waals surface area contributed by atoms with Crippen molar-refractivity contribution in [1.29, 1.82) is 0 Å². The predicted octanol–water partition coefficient (Wildman–Crippen LogP) is 5.51. The van der Waals surface area contributed by atoms with Crippen LogP contribution in [0.1, 0.15) is 61.3 Å². The van der Waals surface area contributed by atoms with Crippen molar-refractivity contribution in [2.24, 2.45) is 0 Å². The first kappa shape index (κ1) is 25.1. The second kappa shape index (κ2) is 11.6. The van der Waals surface area contributed by atoms with E-state index in [2.05, 4.69) is 5.32 Å². The zero-order valence-electron chi connectivity index (χ0n) is 20.1. The first-order chi connectivity index (χ1) is 15.8. The fourth-order valence-electron chi connectivity index (χ4n) is 4.39. The zero-order chi connectivity index (χ0) is 24.0. The summed E-state index contributed by atoms with van der Waals surface area (Å²) in [6, 6.07) is 11.4. The number of nitrogens with one attached hydrogen (secondary N) is 1. The summed E-state index contributed by atoms with van der Waals surface area (Å²) in [5.74, 6) is 0.304. The van der Waals surface area contributed by atoms with Crippen molar-refractivity contribution >= 4 is 23.4 Å². The van der Waals surface area contributed by atoms with Gasteiger partial charge in [0.15, 0.2) is 6.61 Å². The third-order valence-corrected chi connectivity index (χ3v) is 6.93. The van der Waals surface area contributed by atoms with Crippen LogP contribution in [0.2, 0.25) is 5.02 Å². The molecule has 2 amide bonds. The molecule has 0 aromatic heterocycles. The maximum absolute atomic E-state index is 13.4. The number of amides is 2. The maximum Gasteiger partial charge on any atom is 0.261 e. The van der Waals surface area contributed by atoms with E-state index in [-0.39, 0.29) is 24.5 Å². The molecule has 0 heterocycles. The molecule has 5 nitrogen and oxygen atoms in total. The summed E-state index contributed by atoms with van der Waals surface area (Å²) in [6.45, 7) is 8.02. The van der Waals surface area contributed by atoms with Gasteiger partial charge in [0.25, 0.3) is 5.91 Å². The number of halogens is 1. The second-order valence-electron chi connectivity index (χ2n) is 9.08. The molecule has 0 saturated heterocycles. The van der Waals surface area contributed by atoms with E-state index in [1.165, 1.54) is 0 Å². The molecule has 0 spiro atoms. The smallest absolute Gasteiger partial charge is 0.261 e. The molecule has 1 saturated carbocycles. The van der Waals surface area contributed by atoms with E-state index < -0.39 is 6.04 Å². The SMILES string of the molecule is CCC(C(=O)NC1CCCC1)N(Cc1ccc(C)cc1)C(=O)COc1cc(C)c(Cl)c(C)c1. The van der Waals surface area contributed by atoms with E-state index in [1.807, 2.05) is 64.1 Å². The van der Waals surface area contributed by atoms with Crippen LogP contribution in [0.25, 0.3) is 0 Å². The predicted molar refractivity (Wildman–Crippen MR) is 133 cm³/mol. The largest absolute Gasteiger partial charge is 0.484 e. The number of hydrogen-bond donors (Lipinski definition) is 1. The van der Waals surface area contributed by atoms with Crippen LogP contribution < -0.4 is 10.1 Å². The van der Waals surface area contributed by atoms with Crippen LogP contribution in [0.3, 0.4) is 0 Å². The third kappa shape index (κ3) is 6.73. The van der Waals surface area contributed by atoms with Gasteiger partial charge in [0, 0.05) is 17.6 Å². The minimum Gasteiger partial charge on any atom is -0.484 e. The lowest BCUT2D eigenvalue weighted by molar-refractivity contribution is -0.143. The summed E-state index contributed by atoms with van der Waals surface area (Å²) in [7, 11) is 0. The Morgan fingerprint density at radius 3 is 2.27 bits per heavy atom. The minimum absolute atomic E-state index is 0.0805. The molecule has 2 aromatic carbocycles. The lowest BCUT2D eigenvalue weighted by atomic mass is 10.1. The van der Waals surface area contributed by atoms with Gasteiger partial charge in [0.05, 0.1) is 0 Å². The van der Waals surface area contributed by atoms with Gasteiger partial charge in [-0.05, 0) is 68.9 Å². The second-order valence-corrected chi connectivity index (χ2v) is 9.46. The molecule has 3 rings (SSSR count). The van der Waals surface area contributed by atoms with Crippen LogP contribution in [-0.2, 0) is 16.1 Å². The fraction of sp³-hybridized carbons (Fsp3) is 0.481. The van der Waals surface area contributed by atoms with Crippen molar-refractivity contribution in [1.82, 2.24) is 10.2 Å². The Balaban J connectivity index is 1.77. The number of aryl methyl sites for hydroxylation is 3. The van der Waals surface area contributed by atoms with Gasteiger partial charge in [0.2, 0.25) is 5.91 Å². The highest BCUT2D eigenvalue weighted by Crippen LogP contribution is 2.26. The Bertz CT molecular complexity index is 945. The first-order valence-corrected chi connectivity index (χ1v) is 12.2. The molecule has 0 bridgehead atoms. The molecule has 33 heavy (non-hydrogen) atoms. The summed E-state index contributed by atoms with van der Waals surface area (Å²) in [4.78, 5) is 28.2. The van der Waals surface area contributed by atoms with Crippen LogP contribution in [0.15, 0.2) is 36.4 Å². The van der Waals surface area contributed by atoms with E-state index in [0.29, 0.717) is 23.7 Å². The molecule has 0 aliphatic heterocycles. The number of carbonyl (C=O) groups excluding carboxylic acids is 2. The Hall–Kier alpha value is -2.53. The van der Waals surface area contributed by atoms with Crippen molar-refractivity contribution in [2.75, 3.05) is 6.61 Å². The monoisotopic (exact) mass is 470 g/mol. The standard InChI is InChI=1S/C27H35ClN2O3/c1-5-24(27(32)29-22-8-6-7-9-22)30(16-21-12-10-18(2)11-13-21)25(31)17-33-23-14-19(3)26(28)20(4)15-23/h10-15,22,24H,5-9,16-17H2,1-4H3,(H,29,32). The molecule has 0 radical (unpaired) electrons. The summed E-state index contributed by atoms with van der Waals surface area (Å²) in [6.07, 6.45) is 4.83. The van der Waals surface area contributed by atoms with Gasteiger partial charge < -0.3 is 15.0 Å². The molecule has 1 atom stereocenters. The number of carbonyl (C=O) groups is 2. The van der Waals surface area contributed by atoms with Crippen molar-refractivity contribution in [3.8, 4) is 5.75 Å². The lowest BCUT2D eigenvalue weighted by Crippen LogP contribution is -2.52. The normalized spacial score (nSPS) is 14.7. The molecular weight excluding hydrogens is 436 g/mol. The molecule has 178 valence electrons. The molecule has 1 N–H and O–H groups in total. The molecular formula is C27H35ClN2O3. The summed E-state index contributed by atoms with van der Waals surface area (Å²) < 4.78 is 5.85. The van der Waals surface area contributed by atoms with E-state index in [1.54, 1.807) is 4.90 Å². The summed E-state index contributed by atoms with van der Waals surface area (Å²) in [5, 5.41) is 3.87. The van der Waals surface area contributed by atoms with Crippen LogP contribution in [-0.4, -0.2) is 35.4 Å². The number of rotatable bonds is 9. The number of ether oxygens (including phenoxy) is 1. The van der Waals surface area contributed by atoms with E-state index >= 15 is 0 Å². The average Bonchev–Trinajstić information content (AvgIpc) is 3.29. The first-order valence-electron chi connectivity index (χ1n) is 11.8. The molecule has 1 fully saturated rings. The van der Waals surface area contributed by atoms with Crippen LogP contribution >= 0.6 is 11.6 Å². The highest BCUT2D eigenvalue weighted by atomic mass is 35.5. The lowest BCUT2D eigenvalue weighted by Gasteiger charge is -2.31. The van der Waals surface area contributed by atoms with Gasteiger partial charge >= 0.3 is 0 Å². The molecule has 1 aliphatic rings. The molecule has 1 aliphatic carbocycles. The van der Waals surface area contributed by atoms with Crippen molar-refractivity contribution < 1.29 is 14.3 Å². The van der Waals surface area contributed by atoms with E-state index in [0.717, 1.165) is 47.9 Å². The van der Waals surface area contributed by atoms with Gasteiger partial charge in [-0.1, -0.05) is 61.2 Å². The third-order valence-electron chi connectivity index (χ3n) is 6.33. The maximum atomic E-state index is 13.4. The Morgan fingerprint density at radius 1 is 1.09 bits per heavy atom.